The van der Waals surface area contributed by atoms with Gasteiger partial charge in [0.25, 0.3) is 0 Å². The minimum atomic E-state index is 0.550. The van der Waals surface area contributed by atoms with Gasteiger partial charge in [0, 0.05) is 10.5 Å². The van der Waals surface area contributed by atoms with Gasteiger partial charge < -0.3 is 0 Å². The highest BCUT2D eigenvalue weighted by Crippen LogP contribution is 2.66. The Kier molecular flexibility index (Phi) is 3.70. The van der Waals surface area contributed by atoms with Crippen LogP contribution in [-0.2, 0) is 0 Å². The predicted octanol–water partition coefficient (Wildman–Crippen LogP) is 5.63. The molecule has 0 amide bonds. The van der Waals surface area contributed by atoms with Crippen LogP contribution in [0, 0.1) is 34.5 Å². The van der Waals surface area contributed by atoms with Crippen molar-refractivity contribution in [1.29, 1.82) is 0 Å². The summed E-state index contributed by atoms with van der Waals surface area (Å²) in [7, 11) is 0. The van der Waals surface area contributed by atoms with Crippen molar-refractivity contribution in [3.63, 3.8) is 0 Å². The molecular formula is C19H32S2. The van der Waals surface area contributed by atoms with Crippen LogP contribution in [0.5, 0.6) is 0 Å². The number of thiol groups is 2. The molecule has 0 bridgehead atoms. The second-order valence-corrected chi connectivity index (χ2v) is 10.6. The van der Waals surface area contributed by atoms with Crippen molar-refractivity contribution in [2.75, 3.05) is 0 Å². The topological polar surface area (TPSA) is 0 Å². The Balaban J connectivity index is 1.62. The third kappa shape index (κ3) is 2.10. The number of hydrogen-bond acceptors (Lipinski definition) is 2. The predicted molar refractivity (Wildman–Crippen MR) is 97.3 cm³/mol. The fraction of sp³-hybridized carbons (Fsp3) is 1.00. The molecule has 0 radical (unpaired) electrons. The molecule has 4 aliphatic rings. The highest BCUT2D eigenvalue weighted by atomic mass is 32.1. The molecular weight excluding hydrogens is 292 g/mol. The summed E-state index contributed by atoms with van der Waals surface area (Å²) < 4.78 is 0. The van der Waals surface area contributed by atoms with E-state index < -0.39 is 0 Å². The molecule has 0 nitrogen and oxygen atoms in total. The van der Waals surface area contributed by atoms with Gasteiger partial charge in [-0.15, -0.1) is 0 Å². The summed E-state index contributed by atoms with van der Waals surface area (Å²) >= 11 is 9.78. The van der Waals surface area contributed by atoms with E-state index in [4.69, 9.17) is 25.3 Å². The molecule has 0 heterocycles. The first-order valence-corrected chi connectivity index (χ1v) is 10.3. The molecule has 0 aliphatic heterocycles. The van der Waals surface area contributed by atoms with Gasteiger partial charge in [-0.3, -0.25) is 0 Å². The highest BCUT2D eigenvalue weighted by molar-refractivity contribution is 7.81. The number of rotatable bonds is 0. The minimum absolute atomic E-state index is 0.550. The van der Waals surface area contributed by atoms with Crippen LogP contribution in [0.3, 0.4) is 0 Å². The van der Waals surface area contributed by atoms with Gasteiger partial charge in [-0.05, 0) is 92.3 Å². The second kappa shape index (κ2) is 5.10. The van der Waals surface area contributed by atoms with Crippen LogP contribution in [0.1, 0.15) is 71.6 Å². The Morgan fingerprint density at radius 3 is 2.29 bits per heavy atom. The Hall–Kier alpha value is 0.700. The highest BCUT2D eigenvalue weighted by Gasteiger charge is 2.59. The summed E-state index contributed by atoms with van der Waals surface area (Å²) in [6, 6.07) is 0. The monoisotopic (exact) mass is 324 g/mol. The van der Waals surface area contributed by atoms with Crippen molar-refractivity contribution in [3.05, 3.63) is 0 Å². The first-order valence-electron chi connectivity index (χ1n) is 9.31. The Bertz CT molecular complexity index is 422. The van der Waals surface area contributed by atoms with E-state index in [1.165, 1.54) is 57.8 Å². The van der Waals surface area contributed by atoms with Crippen molar-refractivity contribution in [3.8, 4) is 0 Å². The average molecular weight is 325 g/mol. The number of fused-ring (bicyclic) bond motifs is 5. The van der Waals surface area contributed by atoms with E-state index >= 15 is 0 Å². The van der Waals surface area contributed by atoms with Gasteiger partial charge in [-0.2, -0.15) is 25.3 Å². The van der Waals surface area contributed by atoms with Gasteiger partial charge in [0.2, 0.25) is 0 Å². The SMILES string of the molecule is C[C@]12CCC(S)CC1CC[C@@H]1[C@@H]2CC[C@]2(C)C(S)CC[C@@H]12. The molecule has 3 unspecified atom stereocenters. The summed E-state index contributed by atoms with van der Waals surface area (Å²) in [5, 5.41) is 1.35. The summed E-state index contributed by atoms with van der Waals surface area (Å²) in [6.07, 6.45) is 12.9. The first kappa shape index (κ1) is 15.2. The van der Waals surface area contributed by atoms with Crippen LogP contribution >= 0.6 is 25.3 Å². The van der Waals surface area contributed by atoms with E-state index in [-0.39, 0.29) is 0 Å². The maximum absolute atomic E-state index is 4.97. The lowest BCUT2D eigenvalue weighted by atomic mass is 9.45. The van der Waals surface area contributed by atoms with Gasteiger partial charge >= 0.3 is 0 Å². The zero-order valence-electron chi connectivity index (χ0n) is 13.7. The Labute approximate surface area is 142 Å². The fourth-order valence-electron chi connectivity index (χ4n) is 7.21. The third-order valence-corrected chi connectivity index (χ3v) is 9.91. The molecule has 4 saturated carbocycles. The van der Waals surface area contributed by atoms with Crippen LogP contribution < -0.4 is 0 Å². The molecule has 4 fully saturated rings. The van der Waals surface area contributed by atoms with E-state index in [0.29, 0.717) is 21.3 Å². The maximum Gasteiger partial charge on any atom is 0.00735 e. The largest absolute Gasteiger partial charge is 0.176 e. The van der Waals surface area contributed by atoms with E-state index in [1.54, 1.807) is 0 Å². The second-order valence-electron chi connectivity index (χ2n) is 9.22. The molecule has 0 N–H and O–H groups in total. The van der Waals surface area contributed by atoms with Crippen molar-refractivity contribution >= 4 is 25.3 Å². The maximum atomic E-state index is 4.97. The molecule has 0 saturated heterocycles. The molecule has 0 aromatic carbocycles. The lowest BCUT2D eigenvalue weighted by Crippen LogP contribution is -2.53. The van der Waals surface area contributed by atoms with E-state index in [2.05, 4.69) is 13.8 Å². The minimum Gasteiger partial charge on any atom is -0.176 e. The number of hydrogen-bond donors (Lipinski definition) is 2. The van der Waals surface area contributed by atoms with Gasteiger partial charge in [-0.1, -0.05) is 13.8 Å². The van der Waals surface area contributed by atoms with E-state index in [1.807, 2.05) is 0 Å². The molecule has 0 aromatic heterocycles. The van der Waals surface area contributed by atoms with Gasteiger partial charge in [0.15, 0.2) is 0 Å². The van der Waals surface area contributed by atoms with Crippen LogP contribution in [-0.4, -0.2) is 10.5 Å². The first-order chi connectivity index (χ1) is 9.95. The summed E-state index contributed by atoms with van der Waals surface area (Å²) in [5.41, 5.74) is 1.19. The Morgan fingerprint density at radius 2 is 1.48 bits per heavy atom. The van der Waals surface area contributed by atoms with E-state index in [0.717, 1.165) is 23.7 Å². The summed E-state index contributed by atoms with van der Waals surface area (Å²) in [6.45, 7) is 5.22. The molecule has 21 heavy (non-hydrogen) atoms. The Morgan fingerprint density at radius 1 is 0.762 bits per heavy atom. The lowest BCUT2D eigenvalue weighted by Gasteiger charge is -2.60. The summed E-state index contributed by atoms with van der Waals surface area (Å²) in [4.78, 5) is 0. The van der Waals surface area contributed by atoms with Crippen LogP contribution in [0.15, 0.2) is 0 Å². The molecule has 8 atom stereocenters. The van der Waals surface area contributed by atoms with Crippen molar-refractivity contribution in [1.82, 2.24) is 0 Å². The van der Waals surface area contributed by atoms with Crippen molar-refractivity contribution < 1.29 is 0 Å². The zero-order valence-corrected chi connectivity index (χ0v) is 15.5. The molecule has 2 heteroatoms. The lowest BCUT2D eigenvalue weighted by molar-refractivity contribution is -0.101. The fourth-order valence-corrected chi connectivity index (χ4v) is 8.06. The molecule has 4 aliphatic carbocycles. The van der Waals surface area contributed by atoms with Crippen molar-refractivity contribution in [2.45, 2.75) is 82.1 Å². The van der Waals surface area contributed by atoms with Crippen LogP contribution in [0.25, 0.3) is 0 Å². The van der Waals surface area contributed by atoms with Crippen LogP contribution in [0.2, 0.25) is 0 Å². The quantitative estimate of drug-likeness (QED) is 0.530. The molecule has 0 aromatic rings. The smallest absolute Gasteiger partial charge is 0.00735 e. The third-order valence-electron chi connectivity index (χ3n) is 8.59. The van der Waals surface area contributed by atoms with Crippen molar-refractivity contribution in [2.24, 2.45) is 34.5 Å². The molecule has 0 spiro atoms. The standard InChI is InChI=1S/C19H32S2/c1-18-9-7-13(20)11-12(18)3-4-14-15-5-6-17(21)19(15,2)10-8-16(14)18/h12-17,20-21H,3-11H2,1-2H3/t12?,13?,14-,15-,16-,17?,18-,19-/m0/s1. The zero-order chi connectivity index (χ0) is 14.8. The summed E-state index contributed by atoms with van der Waals surface area (Å²) in [5.74, 6) is 3.96. The van der Waals surface area contributed by atoms with Crippen LogP contribution in [0.4, 0.5) is 0 Å². The van der Waals surface area contributed by atoms with Gasteiger partial charge in [0.1, 0.15) is 0 Å². The molecule has 120 valence electrons. The molecule has 4 rings (SSSR count). The normalized spacial score (nSPS) is 60.0. The van der Waals surface area contributed by atoms with Gasteiger partial charge in [0.05, 0.1) is 0 Å². The average Bonchev–Trinajstić information content (AvgIpc) is 2.76. The van der Waals surface area contributed by atoms with Gasteiger partial charge in [-0.25, -0.2) is 0 Å². The van der Waals surface area contributed by atoms with E-state index in [9.17, 15) is 0 Å².